The molecule has 1 unspecified atom stereocenters. The molecule has 2 N–H and O–H groups in total. The summed E-state index contributed by atoms with van der Waals surface area (Å²) in [6.45, 7) is 0.517. The molecule has 0 aliphatic heterocycles. The van der Waals surface area contributed by atoms with Gasteiger partial charge in [-0.25, -0.2) is 0 Å². The van der Waals surface area contributed by atoms with Crippen LogP contribution in [0.15, 0.2) is 22.7 Å². The van der Waals surface area contributed by atoms with Gasteiger partial charge in [-0.1, -0.05) is 22.8 Å². The van der Waals surface area contributed by atoms with Crippen LogP contribution >= 0.6 is 11.6 Å². The van der Waals surface area contributed by atoms with Crippen molar-refractivity contribution in [1.29, 1.82) is 0 Å². The van der Waals surface area contributed by atoms with Gasteiger partial charge < -0.3 is 15.2 Å². The van der Waals surface area contributed by atoms with Crippen LogP contribution in [0.2, 0.25) is 5.02 Å². The Kier molecular flexibility index (Phi) is 4.51. The van der Waals surface area contributed by atoms with Crippen LogP contribution in [0, 0.1) is 10.1 Å². The number of likely N-dealkylation sites (N-methyl/N-ethyl adjacent to an activating group) is 1. The highest BCUT2D eigenvalue weighted by Gasteiger charge is 2.25. The highest BCUT2D eigenvalue weighted by molar-refractivity contribution is 6.33. The first-order chi connectivity index (χ1) is 9.90. The van der Waals surface area contributed by atoms with E-state index >= 15 is 0 Å². The van der Waals surface area contributed by atoms with E-state index in [0.29, 0.717) is 6.54 Å². The third-order valence-corrected chi connectivity index (χ3v) is 3.05. The predicted octanol–water partition coefficient (Wildman–Crippen LogP) is 1.86. The van der Waals surface area contributed by atoms with Gasteiger partial charge in [-0.3, -0.25) is 10.1 Å². The number of hydrogen-bond donors (Lipinski definition) is 1. The quantitative estimate of drug-likeness (QED) is 0.662. The van der Waals surface area contributed by atoms with Gasteiger partial charge in [0.1, 0.15) is 5.56 Å². The van der Waals surface area contributed by atoms with Crippen LogP contribution in [0.3, 0.4) is 0 Å². The Morgan fingerprint density at radius 1 is 1.52 bits per heavy atom. The third-order valence-electron chi connectivity index (χ3n) is 2.74. The molecule has 112 valence electrons. The molecular formula is C12H14ClN5O3. The first-order valence-electron chi connectivity index (χ1n) is 6.07. The Morgan fingerprint density at radius 2 is 2.24 bits per heavy atom. The van der Waals surface area contributed by atoms with Crippen molar-refractivity contribution in [2.24, 2.45) is 5.73 Å². The summed E-state index contributed by atoms with van der Waals surface area (Å²) >= 11 is 6.01. The number of nitro benzene ring substituents is 1. The van der Waals surface area contributed by atoms with Gasteiger partial charge in [0.25, 0.3) is 11.6 Å². The zero-order chi connectivity index (χ0) is 15.6. The molecule has 1 heterocycles. The van der Waals surface area contributed by atoms with E-state index in [1.54, 1.807) is 0 Å². The van der Waals surface area contributed by atoms with Crippen molar-refractivity contribution in [3.8, 4) is 11.5 Å². The molecular weight excluding hydrogens is 298 g/mol. The van der Waals surface area contributed by atoms with Gasteiger partial charge in [0, 0.05) is 12.6 Å². The van der Waals surface area contributed by atoms with Gasteiger partial charge in [-0.15, -0.1) is 0 Å². The predicted molar refractivity (Wildman–Crippen MR) is 76.9 cm³/mol. The van der Waals surface area contributed by atoms with E-state index in [4.69, 9.17) is 21.9 Å². The standard InChI is InChI=1S/C12H14ClN5O3/c1-17(2)6-8(14)11-15-12(21-16-11)10-7(13)4-3-5-9(10)18(19)20/h3-5,8H,6,14H2,1-2H3. The van der Waals surface area contributed by atoms with Crippen molar-refractivity contribution < 1.29 is 9.45 Å². The summed E-state index contributed by atoms with van der Waals surface area (Å²) in [7, 11) is 3.72. The van der Waals surface area contributed by atoms with Gasteiger partial charge in [0.15, 0.2) is 5.82 Å². The van der Waals surface area contributed by atoms with E-state index in [1.165, 1.54) is 18.2 Å². The Balaban J connectivity index is 2.40. The zero-order valence-corrected chi connectivity index (χ0v) is 12.2. The number of aromatic nitrogens is 2. The maximum atomic E-state index is 11.1. The zero-order valence-electron chi connectivity index (χ0n) is 11.5. The lowest BCUT2D eigenvalue weighted by molar-refractivity contribution is -0.384. The van der Waals surface area contributed by atoms with Gasteiger partial charge in [-0.05, 0) is 20.2 Å². The molecule has 8 nitrogen and oxygen atoms in total. The van der Waals surface area contributed by atoms with Crippen molar-refractivity contribution >= 4 is 17.3 Å². The number of nitrogens with zero attached hydrogens (tertiary/aromatic N) is 4. The van der Waals surface area contributed by atoms with E-state index in [9.17, 15) is 10.1 Å². The lowest BCUT2D eigenvalue weighted by atomic mass is 10.2. The maximum Gasteiger partial charge on any atom is 0.283 e. The molecule has 0 fully saturated rings. The van der Waals surface area contributed by atoms with Crippen LogP contribution in [-0.2, 0) is 0 Å². The molecule has 1 atom stereocenters. The lowest BCUT2D eigenvalue weighted by Crippen LogP contribution is -2.26. The average molecular weight is 312 g/mol. The van der Waals surface area contributed by atoms with Crippen LogP contribution < -0.4 is 5.73 Å². The Bertz CT molecular complexity index is 658. The normalized spacial score (nSPS) is 12.6. The number of rotatable bonds is 5. The molecule has 1 aromatic heterocycles. The van der Waals surface area contributed by atoms with Gasteiger partial charge in [0.05, 0.1) is 16.0 Å². The SMILES string of the molecule is CN(C)CC(N)c1noc(-c2c(Cl)cccc2[N+](=O)[O-])n1. The lowest BCUT2D eigenvalue weighted by Gasteiger charge is -2.12. The molecule has 0 saturated carbocycles. The molecule has 21 heavy (non-hydrogen) atoms. The largest absolute Gasteiger partial charge is 0.334 e. The molecule has 9 heteroatoms. The monoisotopic (exact) mass is 311 g/mol. The second-order valence-corrected chi connectivity index (χ2v) is 5.12. The van der Waals surface area contributed by atoms with Crippen LogP contribution in [0.5, 0.6) is 0 Å². The summed E-state index contributed by atoms with van der Waals surface area (Å²) in [4.78, 5) is 16.5. The van der Waals surface area contributed by atoms with Gasteiger partial charge >= 0.3 is 0 Å². The van der Waals surface area contributed by atoms with Crippen LogP contribution in [0.1, 0.15) is 11.9 Å². The number of halogens is 1. The number of benzene rings is 1. The molecule has 0 aliphatic rings. The van der Waals surface area contributed by atoms with Crippen LogP contribution in [0.4, 0.5) is 5.69 Å². The minimum Gasteiger partial charge on any atom is -0.334 e. The smallest absolute Gasteiger partial charge is 0.283 e. The number of nitrogens with two attached hydrogens (primary N) is 1. The summed E-state index contributed by atoms with van der Waals surface area (Å²) in [5.41, 5.74) is 5.83. The summed E-state index contributed by atoms with van der Waals surface area (Å²) < 4.78 is 5.08. The third kappa shape index (κ3) is 3.35. The molecule has 2 rings (SSSR count). The Morgan fingerprint density at radius 3 is 2.86 bits per heavy atom. The minimum absolute atomic E-state index is 0.0171. The second-order valence-electron chi connectivity index (χ2n) is 4.72. The average Bonchev–Trinajstić information content (AvgIpc) is 2.86. The molecule has 0 aliphatic carbocycles. The molecule has 0 radical (unpaired) electrons. The molecule has 0 spiro atoms. The fraction of sp³-hybridized carbons (Fsp3) is 0.333. The molecule has 0 amide bonds. The second kappa shape index (κ2) is 6.17. The van der Waals surface area contributed by atoms with E-state index < -0.39 is 11.0 Å². The number of hydrogen-bond acceptors (Lipinski definition) is 7. The summed E-state index contributed by atoms with van der Waals surface area (Å²) in [6, 6.07) is 3.87. The van der Waals surface area contributed by atoms with E-state index in [2.05, 4.69) is 10.1 Å². The maximum absolute atomic E-state index is 11.1. The Hall–Kier alpha value is -2.03. The fourth-order valence-corrected chi connectivity index (χ4v) is 2.09. The first kappa shape index (κ1) is 15.4. The van der Waals surface area contributed by atoms with Gasteiger partial charge in [0.2, 0.25) is 0 Å². The Labute approximate surface area is 125 Å². The molecule has 0 bridgehead atoms. The topological polar surface area (TPSA) is 111 Å². The highest BCUT2D eigenvalue weighted by atomic mass is 35.5. The highest BCUT2D eigenvalue weighted by Crippen LogP contribution is 2.35. The van der Waals surface area contributed by atoms with Crippen molar-refractivity contribution in [3.05, 3.63) is 39.2 Å². The van der Waals surface area contributed by atoms with Gasteiger partial charge in [-0.2, -0.15) is 4.98 Å². The van der Waals surface area contributed by atoms with Crippen molar-refractivity contribution in [1.82, 2.24) is 15.0 Å². The van der Waals surface area contributed by atoms with E-state index in [0.717, 1.165) is 0 Å². The summed E-state index contributed by atoms with van der Waals surface area (Å²) in [5.74, 6) is 0.254. The van der Waals surface area contributed by atoms with E-state index in [1.807, 2.05) is 19.0 Å². The minimum atomic E-state index is -0.551. The molecule has 1 aromatic carbocycles. The summed E-state index contributed by atoms with van der Waals surface area (Å²) in [5, 5.41) is 15.0. The van der Waals surface area contributed by atoms with E-state index in [-0.39, 0.29) is 28.0 Å². The number of nitro groups is 1. The van der Waals surface area contributed by atoms with Crippen LogP contribution in [0.25, 0.3) is 11.5 Å². The first-order valence-corrected chi connectivity index (χ1v) is 6.45. The molecule has 2 aromatic rings. The van der Waals surface area contributed by atoms with Crippen molar-refractivity contribution in [2.45, 2.75) is 6.04 Å². The summed E-state index contributed by atoms with van der Waals surface area (Å²) in [6.07, 6.45) is 0. The van der Waals surface area contributed by atoms with Crippen LogP contribution in [-0.4, -0.2) is 40.6 Å². The van der Waals surface area contributed by atoms with Crippen molar-refractivity contribution in [2.75, 3.05) is 20.6 Å². The fourth-order valence-electron chi connectivity index (χ4n) is 1.84. The van der Waals surface area contributed by atoms with Crippen molar-refractivity contribution in [3.63, 3.8) is 0 Å². The molecule has 0 saturated heterocycles.